The molecule has 0 radical (unpaired) electrons. The number of benzene rings is 3. The monoisotopic (exact) mass is 392 g/mol. The van der Waals surface area contributed by atoms with Crippen LogP contribution in [0.2, 0.25) is 0 Å². The fourth-order valence-corrected chi connectivity index (χ4v) is 2.59. The molecule has 0 unspecified atom stereocenters. The Balaban J connectivity index is 1.68. The molecule has 0 atom stereocenters. The summed E-state index contributed by atoms with van der Waals surface area (Å²) in [5, 5.41) is 0. The molecule has 29 heavy (non-hydrogen) atoms. The molecule has 3 aromatic carbocycles. The molecule has 148 valence electrons. The first-order chi connectivity index (χ1) is 14.1. The Kier molecular flexibility index (Phi) is 6.47. The fraction of sp³-hybridized carbons (Fsp3) is 0.130. The summed E-state index contributed by atoms with van der Waals surface area (Å²) in [7, 11) is 2.81. The van der Waals surface area contributed by atoms with Gasteiger partial charge >= 0.3 is 11.9 Å². The lowest BCUT2D eigenvalue weighted by atomic mass is 10.2. The van der Waals surface area contributed by atoms with Gasteiger partial charge in [0.15, 0.2) is 11.5 Å². The van der Waals surface area contributed by atoms with E-state index < -0.39 is 11.9 Å². The SMILES string of the molecule is COC(=O)c1ccc(OC(=O)c2ccc(OCc3ccccc3)c(OC)c2)cc1. The molecule has 0 aliphatic rings. The van der Waals surface area contributed by atoms with Gasteiger partial charge in [0.2, 0.25) is 0 Å². The maximum Gasteiger partial charge on any atom is 0.343 e. The molecule has 0 aliphatic heterocycles. The van der Waals surface area contributed by atoms with Crippen molar-refractivity contribution in [3.63, 3.8) is 0 Å². The molecule has 0 bridgehead atoms. The van der Waals surface area contributed by atoms with Crippen LogP contribution in [0.15, 0.2) is 72.8 Å². The highest BCUT2D eigenvalue weighted by atomic mass is 16.5. The largest absolute Gasteiger partial charge is 0.493 e. The summed E-state index contributed by atoms with van der Waals surface area (Å²) in [6.45, 7) is 0.382. The normalized spacial score (nSPS) is 10.1. The van der Waals surface area contributed by atoms with E-state index in [0.717, 1.165) is 5.56 Å². The van der Waals surface area contributed by atoms with Gasteiger partial charge in [-0.2, -0.15) is 0 Å². The van der Waals surface area contributed by atoms with Crippen LogP contribution < -0.4 is 14.2 Å². The molecule has 0 saturated carbocycles. The number of carbonyl (C=O) groups excluding carboxylic acids is 2. The van der Waals surface area contributed by atoms with Crippen LogP contribution in [-0.4, -0.2) is 26.2 Å². The van der Waals surface area contributed by atoms with Gasteiger partial charge in [0, 0.05) is 0 Å². The van der Waals surface area contributed by atoms with E-state index in [4.69, 9.17) is 14.2 Å². The molecule has 6 heteroatoms. The number of ether oxygens (including phenoxy) is 4. The Hall–Kier alpha value is -3.80. The minimum Gasteiger partial charge on any atom is -0.493 e. The van der Waals surface area contributed by atoms with E-state index in [1.807, 2.05) is 30.3 Å². The standard InChI is InChI=1S/C23H20O6/c1-26-21-14-18(10-13-20(21)28-15-16-6-4-3-5-7-16)23(25)29-19-11-8-17(9-12-19)22(24)27-2/h3-14H,15H2,1-2H3. The lowest BCUT2D eigenvalue weighted by Gasteiger charge is -2.12. The average Bonchev–Trinajstić information content (AvgIpc) is 2.78. The van der Waals surface area contributed by atoms with Crippen LogP contribution in [0, 0.1) is 0 Å². The Bertz CT molecular complexity index is 980. The van der Waals surface area contributed by atoms with Gasteiger partial charge in [0.05, 0.1) is 25.3 Å². The van der Waals surface area contributed by atoms with E-state index in [9.17, 15) is 9.59 Å². The summed E-state index contributed by atoms with van der Waals surface area (Å²) >= 11 is 0. The lowest BCUT2D eigenvalue weighted by Crippen LogP contribution is -2.09. The number of rotatable bonds is 7. The first-order valence-corrected chi connectivity index (χ1v) is 8.86. The van der Waals surface area contributed by atoms with E-state index in [2.05, 4.69) is 4.74 Å². The summed E-state index contributed by atoms with van der Waals surface area (Å²) in [6, 6.07) is 20.7. The van der Waals surface area contributed by atoms with Gasteiger partial charge in [-0.1, -0.05) is 30.3 Å². The van der Waals surface area contributed by atoms with Gasteiger partial charge in [0.25, 0.3) is 0 Å². The van der Waals surface area contributed by atoms with Crippen LogP contribution in [0.25, 0.3) is 0 Å². The number of carbonyl (C=O) groups is 2. The number of esters is 2. The van der Waals surface area contributed by atoms with Crippen LogP contribution in [0.5, 0.6) is 17.2 Å². The van der Waals surface area contributed by atoms with Gasteiger partial charge in [-0.3, -0.25) is 0 Å². The zero-order valence-corrected chi connectivity index (χ0v) is 16.1. The third-order valence-electron chi connectivity index (χ3n) is 4.12. The molecule has 0 saturated heterocycles. The maximum absolute atomic E-state index is 12.4. The van der Waals surface area contributed by atoms with Crippen molar-refractivity contribution in [1.29, 1.82) is 0 Å². The van der Waals surface area contributed by atoms with Gasteiger partial charge in [-0.05, 0) is 48.0 Å². The zero-order chi connectivity index (χ0) is 20.6. The highest BCUT2D eigenvalue weighted by molar-refractivity contribution is 5.92. The van der Waals surface area contributed by atoms with Gasteiger partial charge in [-0.25, -0.2) is 9.59 Å². The summed E-state index contributed by atoms with van der Waals surface area (Å²) in [6.07, 6.45) is 0. The van der Waals surface area contributed by atoms with Crippen molar-refractivity contribution in [2.75, 3.05) is 14.2 Å². The molecule has 6 nitrogen and oxygen atoms in total. The Morgan fingerprint density at radius 3 is 2.10 bits per heavy atom. The van der Waals surface area contributed by atoms with Crippen LogP contribution in [-0.2, 0) is 11.3 Å². The van der Waals surface area contributed by atoms with Crippen molar-refractivity contribution in [3.8, 4) is 17.2 Å². The molecular weight excluding hydrogens is 372 g/mol. The molecular formula is C23H20O6. The minimum atomic E-state index is -0.552. The van der Waals surface area contributed by atoms with Gasteiger partial charge in [-0.15, -0.1) is 0 Å². The van der Waals surface area contributed by atoms with Crippen LogP contribution in [0.3, 0.4) is 0 Å². The second kappa shape index (κ2) is 9.41. The Labute approximate surface area is 168 Å². The Morgan fingerprint density at radius 2 is 1.45 bits per heavy atom. The second-order valence-corrected chi connectivity index (χ2v) is 6.05. The van der Waals surface area contributed by atoms with Crippen molar-refractivity contribution in [2.24, 2.45) is 0 Å². The summed E-state index contributed by atoms with van der Waals surface area (Å²) in [4.78, 5) is 23.9. The summed E-state index contributed by atoms with van der Waals surface area (Å²) in [5.41, 5.74) is 1.70. The van der Waals surface area contributed by atoms with E-state index in [0.29, 0.717) is 35.0 Å². The molecule has 3 aromatic rings. The number of hydrogen-bond acceptors (Lipinski definition) is 6. The van der Waals surface area contributed by atoms with Gasteiger partial charge < -0.3 is 18.9 Å². The fourth-order valence-electron chi connectivity index (χ4n) is 2.59. The second-order valence-electron chi connectivity index (χ2n) is 6.05. The highest BCUT2D eigenvalue weighted by Gasteiger charge is 2.14. The first-order valence-electron chi connectivity index (χ1n) is 8.86. The summed E-state index contributed by atoms with van der Waals surface area (Å²) < 4.78 is 21.1. The first kappa shape index (κ1) is 19.9. The van der Waals surface area contributed by atoms with E-state index >= 15 is 0 Å². The molecule has 0 aromatic heterocycles. The summed E-state index contributed by atoms with van der Waals surface area (Å²) in [5.74, 6) is 0.250. The molecule has 0 fully saturated rings. The van der Waals surface area contributed by atoms with E-state index in [-0.39, 0.29) is 0 Å². The van der Waals surface area contributed by atoms with E-state index in [1.165, 1.54) is 38.5 Å². The topological polar surface area (TPSA) is 71.1 Å². The molecule has 0 amide bonds. The van der Waals surface area contributed by atoms with Crippen molar-refractivity contribution in [1.82, 2.24) is 0 Å². The van der Waals surface area contributed by atoms with Crippen LogP contribution in [0.1, 0.15) is 26.3 Å². The van der Waals surface area contributed by atoms with Crippen molar-refractivity contribution < 1.29 is 28.5 Å². The third-order valence-corrected chi connectivity index (χ3v) is 4.12. The number of hydrogen-bond donors (Lipinski definition) is 0. The van der Waals surface area contributed by atoms with E-state index in [1.54, 1.807) is 18.2 Å². The molecule has 0 heterocycles. The lowest BCUT2D eigenvalue weighted by molar-refractivity contribution is 0.0600. The zero-order valence-electron chi connectivity index (χ0n) is 16.1. The van der Waals surface area contributed by atoms with Crippen LogP contribution >= 0.6 is 0 Å². The predicted molar refractivity (Wildman–Crippen MR) is 107 cm³/mol. The maximum atomic E-state index is 12.4. The van der Waals surface area contributed by atoms with Crippen molar-refractivity contribution in [3.05, 3.63) is 89.5 Å². The predicted octanol–water partition coefficient (Wildman–Crippen LogP) is 4.28. The van der Waals surface area contributed by atoms with Crippen molar-refractivity contribution in [2.45, 2.75) is 6.61 Å². The number of methoxy groups -OCH3 is 2. The average molecular weight is 392 g/mol. The third kappa shape index (κ3) is 5.13. The Morgan fingerprint density at radius 1 is 0.759 bits per heavy atom. The molecule has 0 N–H and O–H groups in total. The quantitative estimate of drug-likeness (QED) is 0.441. The smallest absolute Gasteiger partial charge is 0.343 e. The van der Waals surface area contributed by atoms with Crippen LogP contribution in [0.4, 0.5) is 0 Å². The molecule has 3 rings (SSSR count). The van der Waals surface area contributed by atoms with Crippen molar-refractivity contribution >= 4 is 11.9 Å². The highest BCUT2D eigenvalue weighted by Crippen LogP contribution is 2.29. The molecule has 0 spiro atoms. The van der Waals surface area contributed by atoms with Gasteiger partial charge in [0.1, 0.15) is 12.4 Å². The molecule has 0 aliphatic carbocycles. The minimum absolute atomic E-state index is 0.311.